The second kappa shape index (κ2) is 10.7. The number of carbonyl (C=O) groups excluding carboxylic acids is 2. The largest absolute Gasteiger partial charge is 0.379 e. The van der Waals surface area contributed by atoms with E-state index < -0.39 is 6.04 Å². The van der Waals surface area contributed by atoms with Crippen LogP contribution in [0, 0.1) is 0 Å². The molecule has 1 aliphatic heterocycles. The van der Waals surface area contributed by atoms with Crippen molar-refractivity contribution in [2.45, 2.75) is 12.6 Å². The number of hydrogen-bond acceptors (Lipinski definition) is 4. The number of rotatable bonds is 7. The van der Waals surface area contributed by atoms with Gasteiger partial charge in [0.2, 0.25) is 0 Å². The van der Waals surface area contributed by atoms with E-state index in [1.54, 1.807) is 24.3 Å². The van der Waals surface area contributed by atoms with Gasteiger partial charge in [-0.3, -0.25) is 14.5 Å². The molecule has 4 rings (SSSR count). The second-order valence-electron chi connectivity index (χ2n) is 7.76. The molecule has 0 spiro atoms. The van der Waals surface area contributed by atoms with Crippen LogP contribution in [0.15, 0.2) is 84.9 Å². The van der Waals surface area contributed by atoms with E-state index in [1.807, 2.05) is 60.7 Å². The second-order valence-corrected chi connectivity index (χ2v) is 7.76. The van der Waals surface area contributed by atoms with Gasteiger partial charge in [0, 0.05) is 30.9 Å². The average molecular weight is 430 g/mol. The lowest BCUT2D eigenvalue weighted by atomic mass is 10.0. The van der Waals surface area contributed by atoms with E-state index in [1.165, 1.54) is 5.56 Å². The summed E-state index contributed by atoms with van der Waals surface area (Å²) in [7, 11) is 0. The first-order valence-corrected chi connectivity index (χ1v) is 10.8. The van der Waals surface area contributed by atoms with Gasteiger partial charge < -0.3 is 15.4 Å². The Hall–Kier alpha value is -3.48. The molecule has 32 heavy (non-hydrogen) atoms. The lowest BCUT2D eigenvalue weighted by Crippen LogP contribution is -2.37. The molecule has 0 aromatic heterocycles. The van der Waals surface area contributed by atoms with Crippen LogP contribution >= 0.6 is 0 Å². The maximum atomic E-state index is 13.1. The van der Waals surface area contributed by atoms with Crippen molar-refractivity contribution >= 4 is 17.5 Å². The van der Waals surface area contributed by atoms with Gasteiger partial charge in [0.1, 0.15) is 6.04 Å². The van der Waals surface area contributed by atoms with Crippen molar-refractivity contribution in [2.75, 3.05) is 31.6 Å². The molecule has 164 valence electrons. The van der Waals surface area contributed by atoms with Gasteiger partial charge in [-0.1, -0.05) is 60.7 Å². The van der Waals surface area contributed by atoms with E-state index in [2.05, 4.69) is 15.5 Å². The van der Waals surface area contributed by atoms with Crippen molar-refractivity contribution < 1.29 is 14.3 Å². The number of carbonyl (C=O) groups is 2. The molecule has 0 bridgehead atoms. The van der Waals surface area contributed by atoms with Crippen LogP contribution in [-0.4, -0.2) is 43.0 Å². The van der Waals surface area contributed by atoms with E-state index in [-0.39, 0.29) is 11.8 Å². The number of hydrogen-bond donors (Lipinski definition) is 2. The van der Waals surface area contributed by atoms with Gasteiger partial charge in [-0.05, 0) is 35.4 Å². The van der Waals surface area contributed by atoms with Gasteiger partial charge in [0.05, 0.1) is 13.2 Å². The van der Waals surface area contributed by atoms with Crippen LogP contribution in [-0.2, 0) is 16.1 Å². The molecule has 3 aromatic rings. The van der Waals surface area contributed by atoms with Crippen LogP contribution in [0.1, 0.15) is 27.5 Å². The maximum absolute atomic E-state index is 13.1. The van der Waals surface area contributed by atoms with Crippen molar-refractivity contribution in [3.05, 3.63) is 102 Å². The molecule has 1 unspecified atom stereocenters. The topological polar surface area (TPSA) is 70.7 Å². The van der Waals surface area contributed by atoms with Gasteiger partial charge >= 0.3 is 0 Å². The number of anilines is 1. The Labute approximate surface area is 188 Å². The predicted octanol–water partition coefficient (Wildman–Crippen LogP) is 3.63. The molecule has 1 heterocycles. The number of benzene rings is 3. The van der Waals surface area contributed by atoms with Crippen LogP contribution < -0.4 is 10.6 Å². The molecule has 1 aliphatic rings. The molecule has 3 aromatic carbocycles. The number of nitrogens with one attached hydrogen (secondary N) is 2. The Kier molecular flexibility index (Phi) is 7.27. The predicted molar refractivity (Wildman–Crippen MR) is 124 cm³/mol. The molecule has 6 nitrogen and oxygen atoms in total. The summed E-state index contributed by atoms with van der Waals surface area (Å²) in [4.78, 5) is 28.2. The molecule has 0 radical (unpaired) electrons. The van der Waals surface area contributed by atoms with Gasteiger partial charge in [0.25, 0.3) is 11.8 Å². The summed E-state index contributed by atoms with van der Waals surface area (Å²) in [5.74, 6) is -0.586. The van der Waals surface area contributed by atoms with E-state index in [4.69, 9.17) is 4.74 Å². The minimum atomic E-state index is -0.808. The normalized spacial score (nSPS) is 15.0. The Morgan fingerprint density at radius 1 is 0.844 bits per heavy atom. The third-order valence-corrected chi connectivity index (χ3v) is 5.44. The van der Waals surface area contributed by atoms with Gasteiger partial charge in [0.15, 0.2) is 0 Å². The fraction of sp³-hybridized carbons (Fsp3) is 0.231. The van der Waals surface area contributed by atoms with Gasteiger partial charge in [-0.2, -0.15) is 0 Å². The van der Waals surface area contributed by atoms with Crippen molar-refractivity contribution in [1.82, 2.24) is 10.2 Å². The standard InChI is InChI=1S/C26H27N3O3/c30-25(22-9-5-2-6-10-22)28-24(21-7-3-1-4-8-21)26(31)27-23-13-11-20(12-14-23)19-29-15-17-32-18-16-29/h1-14,24H,15-19H2,(H,27,31)(H,28,30). The molecule has 1 saturated heterocycles. The highest BCUT2D eigenvalue weighted by atomic mass is 16.5. The van der Waals surface area contributed by atoms with Crippen molar-refractivity contribution in [3.63, 3.8) is 0 Å². The van der Waals surface area contributed by atoms with Gasteiger partial charge in [-0.25, -0.2) is 0 Å². The fourth-order valence-electron chi connectivity index (χ4n) is 3.68. The van der Waals surface area contributed by atoms with E-state index in [0.29, 0.717) is 11.3 Å². The fourth-order valence-corrected chi connectivity index (χ4v) is 3.68. The third-order valence-electron chi connectivity index (χ3n) is 5.44. The zero-order valence-electron chi connectivity index (χ0n) is 17.9. The Morgan fingerprint density at radius 2 is 1.47 bits per heavy atom. The number of morpholine rings is 1. The maximum Gasteiger partial charge on any atom is 0.252 e. The van der Waals surface area contributed by atoms with Crippen LogP contribution in [0.2, 0.25) is 0 Å². The SMILES string of the molecule is O=C(NC(C(=O)Nc1ccc(CN2CCOCC2)cc1)c1ccccc1)c1ccccc1. The highest BCUT2D eigenvalue weighted by Crippen LogP contribution is 2.18. The molecular formula is C26H27N3O3. The zero-order valence-corrected chi connectivity index (χ0v) is 17.9. The molecular weight excluding hydrogens is 402 g/mol. The van der Waals surface area contributed by atoms with Crippen molar-refractivity contribution in [3.8, 4) is 0 Å². The first-order chi connectivity index (χ1) is 15.7. The lowest BCUT2D eigenvalue weighted by Gasteiger charge is -2.26. The zero-order chi connectivity index (χ0) is 22.2. The Morgan fingerprint density at radius 3 is 2.12 bits per heavy atom. The summed E-state index contributed by atoms with van der Waals surface area (Å²) in [6.45, 7) is 4.25. The van der Waals surface area contributed by atoms with E-state index in [0.717, 1.165) is 38.4 Å². The molecule has 1 fully saturated rings. The summed E-state index contributed by atoms with van der Waals surface area (Å²) in [5, 5.41) is 5.81. The average Bonchev–Trinajstić information content (AvgIpc) is 2.85. The third kappa shape index (κ3) is 5.81. The molecule has 2 amide bonds. The molecule has 0 aliphatic carbocycles. The minimum absolute atomic E-state index is 0.290. The van der Waals surface area contributed by atoms with Crippen LogP contribution in [0.5, 0.6) is 0 Å². The van der Waals surface area contributed by atoms with Crippen LogP contribution in [0.4, 0.5) is 5.69 Å². The number of ether oxygens (including phenoxy) is 1. The molecule has 6 heteroatoms. The molecule has 1 atom stereocenters. The first kappa shape index (κ1) is 21.7. The summed E-state index contributed by atoms with van der Waals surface area (Å²) >= 11 is 0. The van der Waals surface area contributed by atoms with Crippen LogP contribution in [0.25, 0.3) is 0 Å². The quantitative estimate of drug-likeness (QED) is 0.602. The summed E-state index contributed by atoms with van der Waals surface area (Å²) in [6, 6.07) is 25.2. The highest BCUT2D eigenvalue weighted by molar-refractivity contribution is 6.01. The molecule has 2 N–H and O–H groups in total. The Balaban J connectivity index is 1.44. The first-order valence-electron chi connectivity index (χ1n) is 10.8. The number of amides is 2. The molecule has 0 saturated carbocycles. The summed E-state index contributed by atoms with van der Waals surface area (Å²) in [6.07, 6.45) is 0. The van der Waals surface area contributed by atoms with Crippen molar-refractivity contribution in [1.29, 1.82) is 0 Å². The summed E-state index contributed by atoms with van der Waals surface area (Å²) < 4.78 is 5.40. The number of nitrogens with zero attached hydrogens (tertiary/aromatic N) is 1. The van der Waals surface area contributed by atoms with Crippen LogP contribution in [0.3, 0.4) is 0 Å². The highest BCUT2D eigenvalue weighted by Gasteiger charge is 2.23. The Bertz CT molecular complexity index is 1020. The summed E-state index contributed by atoms with van der Waals surface area (Å²) in [5.41, 5.74) is 3.10. The smallest absolute Gasteiger partial charge is 0.252 e. The van der Waals surface area contributed by atoms with Gasteiger partial charge in [-0.15, -0.1) is 0 Å². The van der Waals surface area contributed by atoms with Crippen molar-refractivity contribution in [2.24, 2.45) is 0 Å². The monoisotopic (exact) mass is 429 g/mol. The minimum Gasteiger partial charge on any atom is -0.379 e. The van der Waals surface area contributed by atoms with E-state index in [9.17, 15) is 9.59 Å². The van der Waals surface area contributed by atoms with E-state index >= 15 is 0 Å². The lowest BCUT2D eigenvalue weighted by molar-refractivity contribution is -0.118.